The maximum absolute atomic E-state index is 12.8. The molecule has 172 valence electrons. The first-order valence-electron chi connectivity index (χ1n) is 12.5. The highest BCUT2D eigenvalue weighted by molar-refractivity contribution is 5.78. The largest absolute Gasteiger partial charge is 0.377 e. The Morgan fingerprint density at radius 1 is 1.03 bits per heavy atom. The molecule has 1 atom stereocenters. The van der Waals surface area contributed by atoms with Crippen molar-refractivity contribution in [2.24, 2.45) is 5.92 Å². The number of nitrogens with zero attached hydrogens (tertiary/aromatic N) is 2. The van der Waals surface area contributed by atoms with Crippen LogP contribution in [0, 0.1) is 5.92 Å². The molecular formula is C26H40N2O3. The van der Waals surface area contributed by atoms with Crippen LogP contribution in [0.5, 0.6) is 0 Å². The van der Waals surface area contributed by atoms with E-state index in [4.69, 9.17) is 9.47 Å². The highest BCUT2D eigenvalue weighted by Crippen LogP contribution is 2.38. The summed E-state index contributed by atoms with van der Waals surface area (Å²) < 4.78 is 12.2. The summed E-state index contributed by atoms with van der Waals surface area (Å²) in [4.78, 5) is 17.3. The second kappa shape index (κ2) is 11.4. The van der Waals surface area contributed by atoms with Crippen molar-refractivity contribution in [2.75, 3.05) is 45.9 Å². The molecule has 0 bridgehead atoms. The van der Waals surface area contributed by atoms with Crippen LogP contribution >= 0.6 is 0 Å². The first-order valence-corrected chi connectivity index (χ1v) is 12.5. The molecule has 1 aromatic rings. The van der Waals surface area contributed by atoms with Crippen LogP contribution in [0.25, 0.3) is 0 Å². The van der Waals surface area contributed by atoms with Crippen molar-refractivity contribution < 1.29 is 14.3 Å². The Hall–Kier alpha value is -1.43. The molecule has 1 spiro atoms. The molecule has 3 saturated heterocycles. The van der Waals surface area contributed by atoms with Crippen molar-refractivity contribution in [1.29, 1.82) is 0 Å². The predicted octanol–water partition coefficient (Wildman–Crippen LogP) is 4.26. The van der Waals surface area contributed by atoms with Crippen LogP contribution in [0.4, 0.5) is 0 Å². The van der Waals surface area contributed by atoms with Crippen LogP contribution in [0.3, 0.4) is 0 Å². The van der Waals surface area contributed by atoms with Gasteiger partial charge in [-0.25, -0.2) is 0 Å². The Morgan fingerprint density at radius 2 is 1.77 bits per heavy atom. The molecule has 1 unspecified atom stereocenters. The summed E-state index contributed by atoms with van der Waals surface area (Å²) in [6.45, 7) is 6.84. The molecular weight excluding hydrogens is 388 g/mol. The van der Waals surface area contributed by atoms with Crippen LogP contribution in [0.2, 0.25) is 0 Å². The molecule has 5 heteroatoms. The Balaban J connectivity index is 1.17. The van der Waals surface area contributed by atoms with Gasteiger partial charge in [0, 0.05) is 26.3 Å². The fourth-order valence-corrected chi connectivity index (χ4v) is 5.49. The third-order valence-corrected chi connectivity index (χ3v) is 7.46. The van der Waals surface area contributed by atoms with E-state index < -0.39 is 0 Å². The van der Waals surface area contributed by atoms with Gasteiger partial charge >= 0.3 is 0 Å². The third-order valence-electron chi connectivity index (χ3n) is 7.46. The quantitative estimate of drug-likeness (QED) is 0.609. The van der Waals surface area contributed by atoms with Crippen LogP contribution < -0.4 is 0 Å². The fourth-order valence-electron chi connectivity index (χ4n) is 5.49. The summed E-state index contributed by atoms with van der Waals surface area (Å²) in [5.74, 6) is 0.988. The number of amides is 1. The maximum Gasteiger partial charge on any atom is 0.236 e. The molecule has 3 aliphatic heterocycles. The molecule has 0 N–H and O–H groups in total. The van der Waals surface area contributed by atoms with Gasteiger partial charge in [0.25, 0.3) is 0 Å². The molecule has 0 radical (unpaired) electrons. The smallest absolute Gasteiger partial charge is 0.236 e. The average molecular weight is 429 g/mol. The number of carbonyl (C=O) groups excluding carboxylic acids is 1. The minimum atomic E-state index is -0.0122. The SMILES string of the molecule is O=C(CN1CCCCCC1)N1CCC2(CC1)CC(CCOCc1ccccc1)CCO2. The lowest BCUT2D eigenvalue weighted by Gasteiger charge is -2.46. The standard InChI is InChI=1S/C26H40N2O3/c29-25(21-27-14-6-1-2-7-15-27)28-16-12-26(13-17-28)20-23(11-19-31-26)10-18-30-22-24-8-4-3-5-9-24/h3-5,8-9,23H,1-2,6-7,10-22H2. The van der Waals surface area contributed by atoms with E-state index in [-0.39, 0.29) is 5.60 Å². The van der Waals surface area contributed by atoms with Crippen LogP contribution in [-0.2, 0) is 20.9 Å². The van der Waals surface area contributed by atoms with E-state index in [1.165, 1.54) is 31.2 Å². The van der Waals surface area contributed by atoms with E-state index in [9.17, 15) is 4.79 Å². The molecule has 3 heterocycles. The molecule has 1 aromatic carbocycles. The Labute approximate surface area is 188 Å². The highest BCUT2D eigenvalue weighted by atomic mass is 16.5. The maximum atomic E-state index is 12.8. The van der Waals surface area contributed by atoms with Crippen molar-refractivity contribution in [2.45, 2.75) is 70.0 Å². The molecule has 0 saturated carbocycles. The zero-order chi connectivity index (χ0) is 21.4. The van der Waals surface area contributed by atoms with Crippen LogP contribution in [0.1, 0.15) is 63.4 Å². The number of hydrogen-bond donors (Lipinski definition) is 0. The fraction of sp³-hybridized carbons (Fsp3) is 0.731. The summed E-state index contributed by atoms with van der Waals surface area (Å²) in [7, 11) is 0. The monoisotopic (exact) mass is 428 g/mol. The molecule has 1 amide bonds. The lowest BCUT2D eigenvalue weighted by Crippen LogP contribution is -2.52. The lowest BCUT2D eigenvalue weighted by molar-refractivity contribution is -0.148. The third kappa shape index (κ3) is 6.77. The van der Waals surface area contributed by atoms with Gasteiger partial charge in [-0.05, 0) is 69.5 Å². The van der Waals surface area contributed by atoms with E-state index in [0.717, 1.165) is 71.5 Å². The number of hydrogen-bond acceptors (Lipinski definition) is 4. The Morgan fingerprint density at radius 3 is 2.52 bits per heavy atom. The number of carbonyl (C=O) groups is 1. The minimum absolute atomic E-state index is 0.0122. The average Bonchev–Trinajstić information content (AvgIpc) is 3.07. The first-order chi connectivity index (χ1) is 15.2. The van der Waals surface area contributed by atoms with Gasteiger partial charge in [0.2, 0.25) is 5.91 Å². The van der Waals surface area contributed by atoms with Gasteiger partial charge in [0.15, 0.2) is 0 Å². The summed E-state index contributed by atoms with van der Waals surface area (Å²) in [6, 6.07) is 10.4. The number of rotatable bonds is 7. The van der Waals surface area contributed by atoms with E-state index in [0.29, 0.717) is 25.0 Å². The van der Waals surface area contributed by atoms with E-state index in [2.05, 4.69) is 34.1 Å². The second-order valence-electron chi connectivity index (χ2n) is 9.79. The number of ether oxygens (including phenoxy) is 2. The number of benzene rings is 1. The topological polar surface area (TPSA) is 42.0 Å². The predicted molar refractivity (Wildman–Crippen MR) is 123 cm³/mol. The van der Waals surface area contributed by atoms with Crippen LogP contribution in [-0.4, -0.2) is 67.2 Å². The summed E-state index contributed by atoms with van der Waals surface area (Å²) in [5.41, 5.74) is 1.23. The van der Waals surface area contributed by atoms with Gasteiger partial charge in [-0.15, -0.1) is 0 Å². The van der Waals surface area contributed by atoms with Gasteiger partial charge < -0.3 is 14.4 Å². The number of piperidine rings is 1. The molecule has 3 fully saturated rings. The Bertz CT molecular complexity index is 664. The van der Waals surface area contributed by atoms with E-state index in [1.807, 2.05) is 6.07 Å². The molecule has 3 aliphatic rings. The molecule has 5 nitrogen and oxygen atoms in total. The lowest BCUT2D eigenvalue weighted by atomic mass is 9.78. The van der Waals surface area contributed by atoms with Gasteiger partial charge in [0.05, 0.1) is 18.8 Å². The summed E-state index contributed by atoms with van der Waals surface area (Å²) >= 11 is 0. The molecule has 0 aliphatic carbocycles. The van der Waals surface area contributed by atoms with Crippen molar-refractivity contribution >= 4 is 5.91 Å². The van der Waals surface area contributed by atoms with Crippen LogP contribution in [0.15, 0.2) is 30.3 Å². The zero-order valence-corrected chi connectivity index (χ0v) is 19.1. The van der Waals surface area contributed by atoms with Crippen molar-refractivity contribution in [3.05, 3.63) is 35.9 Å². The van der Waals surface area contributed by atoms with Crippen molar-refractivity contribution in [1.82, 2.24) is 9.80 Å². The van der Waals surface area contributed by atoms with Gasteiger partial charge in [0.1, 0.15) is 0 Å². The van der Waals surface area contributed by atoms with E-state index in [1.54, 1.807) is 0 Å². The van der Waals surface area contributed by atoms with E-state index >= 15 is 0 Å². The molecule has 4 rings (SSSR count). The molecule has 0 aromatic heterocycles. The summed E-state index contributed by atoms with van der Waals surface area (Å²) in [5, 5.41) is 0. The normalized spacial score (nSPS) is 24.8. The number of likely N-dealkylation sites (tertiary alicyclic amines) is 2. The summed E-state index contributed by atoms with van der Waals surface area (Å²) in [6.07, 6.45) is 10.4. The van der Waals surface area contributed by atoms with Gasteiger partial charge in [-0.3, -0.25) is 9.69 Å². The van der Waals surface area contributed by atoms with Crippen molar-refractivity contribution in [3.63, 3.8) is 0 Å². The zero-order valence-electron chi connectivity index (χ0n) is 19.1. The molecule has 31 heavy (non-hydrogen) atoms. The highest BCUT2D eigenvalue weighted by Gasteiger charge is 2.41. The van der Waals surface area contributed by atoms with Gasteiger partial charge in [-0.2, -0.15) is 0 Å². The minimum Gasteiger partial charge on any atom is -0.377 e. The van der Waals surface area contributed by atoms with Crippen molar-refractivity contribution in [3.8, 4) is 0 Å². The first kappa shape index (κ1) is 22.8. The second-order valence-corrected chi connectivity index (χ2v) is 9.79. The van der Waals surface area contributed by atoms with Gasteiger partial charge in [-0.1, -0.05) is 43.2 Å². The Kier molecular flexibility index (Phi) is 8.40.